The van der Waals surface area contributed by atoms with Gasteiger partial charge >= 0.3 is 0 Å². The zero-order valence-electron chi connectivity index (χ0n) is 26.2. The van der Waals surface area contributed by atoms with Crippen molar-refractivity contribution in [2.24, 2.45) is 0 Å². The zero-order chi connectivity index (χ0) is 31.0. The molecular weight excluding hydrogens is 553 g/mol. The number of benzene rings is 8. The highest BCUT2D eigenvalue weighted by Crippen LogP contribution is 2.45. The molecule has 0 unspecified atom stereocenters. The molecule has 0 heterocycles. The largest absolute Gasteiger partial charge is 0.0622 e. The Morgan fingerprint density at radius 3 is 1.13 bits per heavy atom. The molecule has 0 aliphatic rings. The van der Waals surface area contributed by atoms with Gasteiger partial charge in [-0.15, -0.1) is 0 Å². The first-order chi connectivity index (χ1) is 22.7. The van der Waals surface area contributed by atoms with Crippen LogP contribution in [0.4, 0.5) is 0 Å². The highest BCUT2D eigenvalue weighted by atomic mass is 14.2. The second kappa shape index (κ2) is 11.7. The lowest BCUT2D eigenvalue weighted by Gasteiger charge is -2.20. The number of rotatable bonds is 5. The highest BCUT2D eigenvalue weighted by molar-refractivity contribution is 6.22. The van der Waals surface area contributed by atoms with Gasteiger partial charge in [-0.1, -0.05) is 158 Å². The highest BCUT2D eigenvalue weighted by Gasteiger charge is 2.19. The Morgan fingerprint density at radius 2 is 0.587 bits per heavy atom. The van der Waals surface area contributed by atoms with Gasteiger partial charge in [0.1, 0.15) is 0 Å². The maximum absolute atomic E-state index is 2.37. The first kappa shape index (κ1) is 27.8. The van der Waals surface area contributed by atoms with Crippen LogP contribution in [-0.2, 0) is 0 Å². The minimum absolute atomic E-state index is 1.22. The van der Waals surface area contributed by atoms with E-state index in [0.29, 0.717) is 0 Å². The lowest BCUT2D eigenvalue weighted by Crippen LogP contribution is -1.94. The maximum Gasteiger partial charge on any atom is -0.00210 e. The van der Waals surface area contributed by atoms with Crippen molar-refractivity contribution in [2.45, 2.75) is 13.8 Å². The van der Waals surface area contributed by atoms with E-state index in [-0.39, 0.29) is 0 Å². The molecule has 0 fully saturated rings. The van der Waals surface area contributed by atoms with Crippen molar-refractivity contribution in [3.63, 3.8) is 0 Å². The van der Waals surface area contributed by atoms with E-state index in [1.807, 2.05) is 0 Å². The summed E-state index contributed by atoms with van der Waals surface area (Å²) in [6.07, 6.45) is 0. The molecule has 0 amide bonds. The number of hydrogen-bond acceptors (Lipinski definition) is 0. The van der Waals surface area contributed by atoms with Gasteiger partial charge in [0.05, 0.1) is 0 Å². The molecule has 0 aliphatic heterocycles. The molecule has 0 aromatic heterocycles. The van der Waals surface area contributed by atoms with Crippen LogP contribution in [0.1, 0.15) is 11.1 Å². The molecule has 0 bridgehead atoms. The van der Waals surface area contributed by atoms with Crippen LogP contribution in [-0.4, -0.2) is 0 Å². The summed E-state index contributed by atoms with van der Waals surface area (Å²) in [6, 6.07) is 61.9. The lowest BCUT2D eigenvalue weighted by atomic mass is 9.83. The number of fused-ring (bicyclic) bond motifs is 2. The predicted molar refractivity (Wildman–Crippen MR) is 198 cm³/mol. The Morgan fingerprint density at radius 1 is 0.239 bits per heavy atom. The van der Waals surface area contributed by atoms with Gasteiger partial charge < -0.3 is 0 Å². The van der Waals surface area contributed by atoms with Crippen molar-refractivity contribution in [3.8, 4) is 55.6 Å². The second-order valence-electron chi connectivity index (χ2n) is 12.2. The van der Waals surface area contributed by atoms with E-state index >= 15 is 0 Å². The van der Waals surface area contributed by atoms with E-state index in [1.165, 1.54) is 88.3 Å². The molecule has 8 aromatic rings. The van der Waals surface area contributed by atoms with Crippen LogP contribution in [0, 0.1) is 13.8 Å². The standard InChI is InChI=1S/C46H34/c1-31-13-10-14-32(2)44(31)46-42-23-8-6-21-40(42)45(41-22-7-9-24-43(41)46)39-20-12-19-38(30-39)37-18-11-17-36(29-37)35-27-25-34(26-28-35)33-15-4-3-5-16-33/h3-30H,1-2H3. The van der Waals surface area contributed by atoms with Crippen molar-refractivity contribution in [1.29, 1.82) is 0 Å². The average molecular weight is 587 g/mol. The second-order valence-corrected chi connectivity index (χ2v) is 12.2. The molecule has 0 radical (unpaired) electrons. The van der Waals surface area contributed by atoms with Crippen LogP contribution < -0.4 is 0 Å². The summed E-state index contributed by atoms with van der Waals surface area (Å²) in [5.74, 6) is 0. The van der Waals surface area contributed by atoms with Gasteiger partial charge in [-0.3, -0.25) is 0 Å². The van der Waals surface area contributed by atoms with Crippen LogP contribution in [0.15, 0.2) is 170 Å². The van der Waals surface area contributed by atoms with Gasteiger partial charge in [0.25, 0.3) is 0 Å². The van der Waals surface area contributed by atoms with Gasteiger partial charge in [0.15, 0.2) is 0 Å². The first-order valence-corrected chi connectivity index (χ1v) is 16.0. The molecule has 8 aromatic carbocycles. The third-order valence-electron chi connectivity index (χ3n) is 9.34. The minimum atomic E-state index is 1.22. The summed E-state index contributed by atoms with van der Waals surface area (Å²) in [5.41, 5.74) is 15.1. The third-order valence-corrected chi connectivity index (χ3v) is 9.34. The summed E-state index contributed by atoms with van der Waals surface area (Å²) >= 11 is 0. The summed E-state index contributed by atoms with van der Waals surface area (Å²) in [7, 11) is 0. The fraction of sp³-hybridized carbons (Fsp3) is 0.0435. The molecule has 0 saturated heterocycles. The molecule has 0 heteroatoms. The van der Waals surface area contributed by atoms with Crippen LogP contribution in [0.2, 0.25) is 0 Å². The monoisotopic (exact) mass is 586 g/mol. The minimum Gasteiger partial charge on any atom is -0.0622 e. The normalized spacial score (nSPS) is 11.3. The van der Waals surface area contributed by atoms with Crippen molar-refractivity contribution < 1.29 is 0 Å². The Kier molecular flexibility index (Phi) is 7.04. The quantitative estimate of drug-likeness (QED) is 0.176. The van der Waals surface area contributed by atoms with E-state index < -0.39 is 0 Å². The Labute approximate surface area is 271 Å². The van der Waals surface area contributed by atoms with E-state index in [9.17, 15) is 0 Å². The predicted octanol–water partition coefficient (Wildman–Crippen LogP) is 12.9. The number of hydrogen-bond donors (Lipinski definition) is 0. The summed E-state index contributed by atoms with van der Waals surface area (Å²) < 4.78 is 0. The molecular formula is C46H34. The zero-order valence-corrected chi connectivity index (χ0v) is 26.2. The molecule has 0 atom stereocenters. The van der Waals surface area contributed by atoms with Crippen LogP contribution in [0.25, 0.3) is 77.2 Å². The van der Waals surface area contributed by atoms with E-state index in [2.05, 4.69) is 184 Å². The summed E-state index contributed by atoms with van der Waals surface area (Å²) in [4.78, 5) is 0. The lowest BCUT2D eigenvalue weighted by molar-refractivity contribution is 1.39. The van der Waals surface area contributed by atoms with Crippen LogP contribution in [0.3, 0.4) is 0 Å². The van der Waals surface area contributed by atoms with E-state index in [4.69, 9.17) is 0 Å². The molecule has 46 heavy (non-hydrogen) atoms. The molecule has 0 nitrogen and oxygen atoms in total. The Hall–Kier alpha value is -5.72. The average Bonchev–Trinajstić information content (AvgIpc) is 3.12. The molecule has 0 aliphatic carbocycles. The molecule has 0 saturated carbocycles. The smallest absolute Gasteiger partial charge is 0.00210 e. The Balaban J connectivity index is 1.26. The first-order valence-electron chi connectivity index (χ1n) is 16.0. The van der Waals surface area contributed by atoms with Crippen molar-refractivity contribution in [1.82, 2.24) is 0 Å². The summed E-state index contributed by atoms with van der Waals surface area (Å²) in [6.45, 7) is 4.46. The SMILES string of the molecule is Cc1cccc(C)c1-c1c2ccccc2c(-c2cccc(-c3cccc(-c4ccc(-c5ccccc5)cc4)c3)c2)c2ccccc12. The fourth-order valence-corrected chi connectivity index (χ4v) is 7.14. The molecule has 218 valence electrons. The van der Waals surface area contributed by atoms with Crippen LogP contribution >= 0.6 is 0 Å². The van der Waals surface area contributed by atoms with Gasteiger partial charge in [-0.05, 0) is 114 Å². The molecule has 0 N–H and O–H groups in total. The van der Waals surface area contributed by atoms with Crippen molar-refractivity contribution in [3.05, 3.63) is 181 Å². The molecule has 0 spiro atoms. The van der Waals surface area contributed by atoms with Gasteiger partial charge in [-0.25, -0.2) is 0 Å². The van der Waals surface area contributed by atoms with E-state index in [1.54, 1.807) is 0 Å². The van der Waals surface area contributed by atoms with Crippen molar-refractivity contribution >= 4 is 21.5 Å². The van der Waals surface area contributed by atoms with Gasteiger partial charge in [-0.2, -0.15) is 0 Å². The topological polar surface area (TPSA) is 0 Å². The van der Waals surface area contributed by atoms with Crippen molar-refractivity contribution in [2.75, 3.05) is 0 Å². The van der Waals surface area contributed by atoms with Gasteiger partial charge in [0, 0.05) is 0 Å². The fourth-order valence-electron chi connectivity index (χ4n) is 7.14. The number of aryl methyl sites for hydroxylation is 2. The van der Waals surface area contributed by atoms with E-state index in [0.717, 1.165) is 0 Å². The van der Waals surface area contributed by atoms with Crippen LogP contribution in [0.5, 0.6) is 0 Å². The Bertz CT molecular complexity index is 2280. The van der Waals surface area contributed by atoms with Gasteiger partial charge in [0.2, 0.25) is 0 Å². The third kappa shape index (κ3) is 4.89. The summed E-state index contributed by atoms with van der Waals surface area (Å²) in [5, 5.41) is 5.14. The maximum atomic E-state index is 2.37. The molecule has 8 rings (SSSR count).